The van der Waals surface area contributed by atoms with Gasteiger partial charge < -0.3 is 102 Å². The number of benzene rings is 4. The third kappa shape index (κ3) is 36.8. The van der Waals surface area contributed by atoms with Gasteiger partial charge >= 0.3 is 77.9 Å². The SMILES string of the molecule is COc1cccc(CNCC(C)(C)CNCc2cccc(OC)c2[O-])c1[O-].COc1cccc(CNCC(C)(C)CNCc2cccc(OC)c2[O-])c1[O-].N#CN=C=[N-].N#CN=C=[N-].N#C[N-]C#N.N#C[N-]C#N.[Zn+2].[Zn+2].[Zn+2].[Zn+2]. The first-order chi connectivity index (χ1) is 35.4. The van der Waals surface area contributed by atoms with Crippen molar-refractivity contribution in [2.45, 2.75) is 53.9 Å². The van der Waals surface area contributed by atoms with Gasteiger partial charge in [0.1, 0.15) is 23.0 Å². The molecule has 24 nitrogen and oxygen atoms in total. The molecule has 0 saturated carbocycles. The maximum Gasteiger partial charge on any atom is 2.00 e. The van der Waals surface area contributed by atoms with Gasteiger partial charge in [-0.15, -0.1) is 12.0 Å². The largest absolute Gasteiger partial charge is 2.00 e. The number of nitrogens with one attached hydrogen (secondary N) is 4. The number of aliphatic imine (C=N–C) groups is 2. The summed E-state index contributed by atoms with van der Waals surface area (Å²) in [5.41, 5.74) is 2.64. The Morgan fingerprint density at radius 3 is 0.769 bits per heavy atom. The number of hydrogen-bond acceptors (Lipinski definition) is 20. The van der Waals surface area contributed by atoms with E-state index in [0.29, 0.717) is 71.4 Å². The molecule has 0 aliphatic rings. The van der Waals surface area contributed by atoms with Crippen LogP contribution in [0, 0.1) is 79.6 Å². The standard InChI is InChI=1S/2C21H30N2O4.4C2N3.4Zn/c2*1-21(2,13-22-11-15-7-5-9-17(26-3)19(15)24)14-23-12-16-8-6-10-18(27-4)20(16)25;4*3-1-5-2-4;;;;/h2*5-10,22-25H,11-14H2,1-4H3;;;;;;;;/q;;4*-1;4*+2/p-4. The molecule has 0 spiro atoms. The summed E-state index contributed by atoms with van der Waals surface area (Å²) in [6.45, 7) is 13.3. The summed E-state index contributed by atoms with van der Waals surface area (Å²) in [6.07, 6.45) is 7.69. The van der Waals surface area contributed by atoms with E-state index in [0.717, 1.165) is 26.2 Å². The van der Waals surface area contributed by atoms with Crippen molar-refractivity contribution in [1.82, 2.24) is 21.3 Å². The quantitative estimate of drug-likeness (QED) is 0.0535. The molecular weight excluding hydrogens is 1210 g/mol. The van der Waals surface area contributed by atoms with Crippen molar-refractivity contribution in [2.24, 2.45) is 20.8 Å². The summed E-state index contributed by atoms with van der Waals surface area (Å²) in [4.78, 5) is 5.17. The minimum absolute atomic E-state index is 0. The molecule has 28 heteroatoms. The number of nitrogens with zero attached hydrogens (tertiary/aromatic N) is 12. The molecule has 0 fully saturated rings. The number of ether oxygens (including phenoxy) is 4. The molecule has 0 saturated heterocycles. The van der Waals surface area contributed by atoms with E-state index in [1.807, 2.05) is 48.5 Å². The number of hydrogen-bond donors (Lipinski definition) is 4. The van der Waals surface area contributed by atoms with Crippen LogP contribution >= 0.6 is 0 Å². The van der Waals surface area contributed by atoms with Gasteiger partial charge in [0.05, 0.1) is 40.8 Å². The molecule has 0 aliphatic heterocycles. The number of methoxy groups -OCH3 is 4. The Labute approximate surface area is 507 Å². The summed E-state index contributed by atoms with van der Waals surface area (Å²) in [6, 6.07) is 23.7. The normalized spacial score (nSPS) is 8.85. The summed E-state index contributed by atoms with van der Waals surface area (Å²) < 4.78 is 20.3. The Balaban J connectivity index is -0.000000237. The summed E-state index contributed by atoms with van der Waals surface area (Å²) >= 11 is 0. The minimum atomic E-state index is -0.0792. The fourth-order valence-corrected chi connectivity index (χ4v) is 5.80. The zero-order chi connectivity index (χ0) is 56.2. The Morgan fingerprint density at radius 2 is 0.641 bits per heavy atom. The molecule has 0 aromatic heterocycles. The Bertz CT molecular complexity index is 2340. The molecular formula is C50H56N16O8Zn4. The van der Waals surface area contributed by atoms with E-state index in [2.05, 4.69) is 69.6 Å². The van der Waals surface area contributed by atoms with Crippen molar-refractivity contribution < 1.29 is 117 Å². The number of para-hydroxylation sites is 4. The van der Waals surface area contributed by atoms with Gasteiger partial charge in [-0.05, 0) is 57.3 Å². The first-order valence-electron chi connectivity index (χ1n) is 21.5. The monoisotopic (exact) mass is 1260 g/mol. The van der Waals surface area contributed by atoms with Crippen LogP contribution in [0.5, 0.6) is 46.0 Å². The van der Waals surface area contributed by atoms with Crippen LogP contribution in [-0.4, -0.2) is 66.6 Å². The van der Waals surface area contributed by atoms with Gasteiger partial charge in [-0.2, -0.15) is 10.5 Å². The van der Waals surface area contributed by atoms with Crippen LogP contribution in [0.15, 0.2) is 82.8 Å². The van der Waals surface area contributed by atoms with Gasteiger partial charge in [0.15, 0.2) is 0 Å². The fourth-order valence-electron chi connectivity index (χ4n) is 5.80. The predicted molar refractivity (Wildman–Crippen MR) is 266 cm³/mol. The Morgan fingerprint density at radius 1 is 0.436 bits per heavy atom. The molecule has 4 aromatic carbocycles. The van der Waals surface area contributed by atoms with Gasteiger partial charge in [0.2, 0.25) is 0 Å². The first-order valence-corrected chi connectivity index (χ1v) is 21.5. The van der Waals surface area contributed by atoms with Gasteiger partial charge in [-0.25, -0.2) is 0 Å². The van der Waals surface area contributed by atoms with Crippen molar-refractivity contribution in [3.8, 4) is 83.2 Å². The third-order valence-corrected chi connectivity index (χ3v) is 9.20. The van der Waals surface area contributed by atoms with Gasteiger partial charge in [0.25, 0.3) is 0 Å². The minimum Gasteiger partial charge on any atom is -0.870 e. The Hall–Kier alpha value is -7.09. The summed E-state index contributed by atoms with van der Waals surface area (Å²) in [5, 5.41) is 127. The van der Waals surface area contributed by atoms with E-state index in [1.165, 1.54) is 77.6 Å². The van der Waals surface area contributed by atoms with Crippen LogP contribution in [0.2, 0.25) is 0 Å². The van der Waals surface area contributed by atoms with Gasteiger partial charge in [-0.1, -0.05) is 99.2 Å². The number of nitriles is 6. The molecule has 4 aromatic rings. The van der Waals surface area contributed by atoms with Crippen molar-refractivity contribution in [3.63, 3.8) is 0 Å². The third-order valence-electron chi connectivity index (χ3n) is 9.20. The van der Waals surface area contributed by atoms with Crippen LogP contribution in [0.25, 0.3) is 21.5 Å². The summed E-state index contributed by atoms with van der Waals surface area (Å²) in [5.74, 6) is 1.13. The molecule has 0 atom stereocenters. The summed E-state index contributed by atoms with van der Waals surface area (Å²) in [7, 11) is 5.99. The molecule has 392 valence electrons. The molecule has 4 N–H and O–H groups in total. The van der Waals surface area contributed by atoms with E-state index in [9.17, 15) is 20.4 Å². The second-order valence-corrected chi connectivity index (χ2v) is 15.8. The van der Waals surface area contributed by atoms with Gasteiger partial charge in [0, 0.05) is 77.1 Å². The van der Waals surface area contributed by atoms with Crippen LogP contribution in [0.1, 0.15) is 49.9 Å². The molecule has 0 radical (unpaired) electrons. The first kappa shape index (κ1) is 82.3. The zero-order valence-electron chi connectivity index (χ0n) is 45.0. The van der Waals surface area contributed by atoms with E-state index in [1.54, 1.807) is 24.3 Å². The molecule has 0 unspecified atom stereocenters. The van der Waals surface area contributed by atoms with E-state index in [-0.39, 0.29) is 112 Å². The molecule has 78 heavy (non-hydrogen) atoms. The smallest absolute Gasteiger partial charge is 0.870 e. The van der Waals surface area contributed by atoms with Crippen LogP contribution in [0.3, 0.4) is 0 Å². The zero-order valence-corrected chi connectivity index (χ0v) is 56.9. The topological polar surface area (TPSA) is 418 Å². The second-order valence-electron chi connectivity index (χ2n) is 15.8. The van der Waals surface area contributed by atoms with E-state index >= 15 is 0 Å². The predicted octanol–water partition coefficient (Wildman–Crippen LogP) is 4.57. The average molecular weight is 1270 g/mol. The molecule has 0 aliphatic carbocycles. The maximum absolute atomic E-state index is 12.2. The van der Waals surface area contributed by atoms with Crippen LogP contribution < -0.4 is 60.6 Å². The van der Waals surface area contributed by atoms with Crippen molar-refractivity contribution >= 4 is 12.0 Å². The Kier molecular flexibility index (Phi) is 53.5. The fraction of sp³-hybridized carbons (Fsp3) is 0.360. The van der Waals surface area contributed by atoms with Gasteiger partial charge in [-0.3, -0.25) is 10.6 Å². The second kappa shape index (κ2) is 50.7. The average Bonchev–Trinajstić information content (AvgIpc) is 3.38. The van der Waals surface area contributed by atoms with Crippen molar-refractivity contribution in [1.29, 1.82) is 31.6 Å². The van der Waals surface area contributed by atoms with E-state index in [4.69, 9.17) is 61.3 Å². The molecule has 0 bridgehead atoms. The van der Waals surface area contributed by atoms with Crippen molar-refractivity contribution in [2.75, 3.05) is 54.6 Å². The van der Waals surface area contributed by atoms with E-state index < -0.39 is 0 Å². The molecule has 0 amide bonds. The molecule has 4 rings (SSSR count). The molecule has 0 heterocycles. The van der Waals surface area contributed by atoms with Crippen LogP contribution in [0.4, 0.5) is 0 Å². The number of rotatable bonds is 20. The maximum atomic E-state index is 12.2. The van der Waals surface area contributed by atoms with Crippen molar-refractivity contribution in [3.05, 3.63) is 117 Å². The van der Waals surface area contributed by atoms with Crippen LogP contribution in [-0.2, 0) is 104 Å².